The Bertz CT molecular complexity index is 1430. The van der Waals surface area contributed by atoms with E-state index < -0.39 is 11.4 Å². The van der Waals surface area contributed by atoms with Gasteiger partial charge in [-0.25, -0.2) is 0 Å². The van der Waals surface area contributed by atoms with E-state index >= 15 is 0 Å². The predicted octanol–water partition coefficient (Wildman–Crippen LogP) is 8.08. The molecule has 0 aromatic heterocycles. The second kappa shape index (κ2) is 17.7. The summed E-state index contributed by atoms with van der Waals surface area (Å²) < 4.78 is 21.9. The average Bonchev–Trinajstić information content (AvgIpc) is 3.28. The van der Waals surface area contributed by atoms with Crippen molar-refractivity contribution in [2.75, 3.05) is 57.3 Å². The smallest absolute Gasteiger partial charge is 0.292 e. The standard InChI is InChI=1S/C41H61ClN4O3S/c1-5-7-11-32(24-44-20-21-45-19-9-8-12-36(45)27-44)38-16-13-33(38)25-46-26-34(37-17-15-35(42)22-30(37)10-6-2)28-49-40-18-14-31(23-39(40)46)41(47)43-50(48)29(3)4/h14-15,17-18,22-23,29,32-34,36,38H,5-13,16,19-21,24-28H2,1-4H3,(H,43,47). The van der Waals surface area contributed by atoms with Crippen LogP contribution in [0.3, 0.4) is 0 Å². The third kappa shape index (κ3) is 9.14. The van der Waals surface area contributed by atoms with Crippen LogP contribution in [-0.2, 0) is 17.8 Å². The van der Waals surface area contributed by atoms with Crippen molar-refractivity contribution in [3.05, 3.63) is 58.1 Å². The highest BCUT2D eigenvalue weighted by atomic mass is 35.5. The monoisotopic (exact) mass is 724 g/mol. The lowest BCUT2D eigenvalue weighted by Gasteiger charge is -2.49. The summed E-state index contributed by atoms with van der Waals surface area (Å²) in [5, 5.41) is 0.626. The van der Waals surface area contributed by atoms with Gasteiger partial charge in [0.1, 0.15) is 11.0 Å². The van der Waals surface area contributed by atoms with Crippen LogP contribution in [0.5, 0.6) is 5.75 Å². The van der Waals surface area contributed by atoms with Crippen molar-refractivity contribution in [3.63, 3.8) is 0 Å². The van der Waals surface area contributed by atoms with Crippen molar-refractivity contribution in [1.82, 2.24) is 14.5 Å². The molecule has 0 radical (unpaired) electrons. The van der Waals surface area contributed by atoms with Crippen molar-refractivity contribution >= 4 is 34.6 Å². The molecule has 50 heavy (non-hydrogen) atoms. The van der Waals surface area contributed by atoms with Crippen LogP contribution in [0, 0.1) is 17.8 Å². The van der Waals surface area contributed by atoms with Crippen molar-refractivity contribution in [2.24, 2.45) is 17.8 Å². The zero-order chi connectivity index (χ0) is 35.2. The topological polar surface area (TPSA) is 71.1 Å². The normalized spacial score (nSPS) is 25.5. The number of rotatable bonds is 14. The lowest BCUT2D eigenvalue weighted by molar-refractivity contribution is 0.0163. The molecule has 2 aromatic rings. The van der Waals surface area contributed by atoms with Gasteiger partial charge in [-0.2, -0.15) is 4.72 Å². The molecule has 2 saturated heterocycles. The number of carbonyl (C=O) groups is 1. The van der Waals surface area contributed by atoms with E-state index in [9.17, 15) is 9.35 Å². The first-order valence-corrected chi connectivity index (χ1v) is 21.3. The van der Waals surface area contributed by atoms with E-state index in [1.54, 1.807) is 0 Å². The molecular weight excluding hydrogens is 664 g/mol. The molecule has 3 heterocycles. The zero-order valence-electron chi connectivity index (χ0n) is 31.0. The van der Waals surface area contributed by atoms with Gasteiger partial charge < -0.3 is 19.1 Å². The Kier molecular flexibility index (Phi) is 13.4. The van der Waals surface area contributed by atoms with Gasteiger partial charge in [0.05, 0.1) is 23.7 Å². The molecule has 6 rings (SSSR count). The molecule has 7 nitrogen and oxygen atoms in total. The molecule has 9 heteroatoms. The number of aryl methyl sites for hydroxylation is 1. The predicted molar refractivity (Wildman–Crippen MR) is 208 cm³/mol. The zero-order valence-corrected chi connectivity index (χ0v) is 32.6. The van der Waals surface area contributed by atoms with Crippen LogP contribution in [0.2, 0.25) is 5.02 Å². The summed E-state index contributed by atoms with van der Waals surface area (Å²) in [6.07, 6.45) is 12.6. The summed E-state index contributed by atoms with van der Waals surface area (Å²) in [7, 11) is 0. The van der Waals surface area contributed by atoms with Gasteiger partial charge in [-0.15, -0.1) is 0 Å². The van der Waals surface area contributed by atoms with Gasteiger partial charge in [0, 0.05) is 61.8 Å². The molecule has 0 spiro atoms. The number of halogens is 1. The Morgan fingerprint density at radius 3 is 2.66 bits per heavy atom. The molecule has 3 aliphatic heterocycles. The van der Waals surface area contributed by atoms with Crippen molar-refractivity contribution in [2.45, 2.75) is 109 Å². The number of benzene rings is 2. The van der Waals surface area contributed by atoms with E-state index in [1.165, 1.54) is 95.2 Å². The first kappa shape index (κ1) is 37.8. The number of unbranched alkanes of at least 4 members (excludes halogenated alkanes) is 1. The number of nitrogens with one attached hydrogen (secondary N) is 1. The number of piperidine rings is 1. The van der Waals surface area contributed by atoms with Crippen molar-refractivity contribution in [3.8, 4) is 5.75 Å². The molecule has 1 aliphatic carbocycles. The van der Waals surface area contributed by atoms with E-state index in [1.807, 2.05) is 38.1 Å². The molecule has 4 aliphatic rings. The Balaban J connectivity index is 1.25. The van der Waals surface area contributed by atoms with E-state index in [-0.39, 0.29) is 17.1 Å². The van der Waals surface area contributed by atoms with Crippen molar-refractivity contribution in [1.29, 1.82) is 0 Å². The maximum absolute atomic E-state index is 13.3. The largest absolute Gasteiger partial charge is 0.593 e. The first-order valence-electron chi connectivity index (χ1n) is 19.7. The number of piperazine rings is 1. The maximum atomic E-state index is 13.3. The third-order valence-corrected chi connectivity index (χ3v) is 13.5. The third-order valence-electron chi connectivity index (χ3n) is 12.0. The summed E-state index contributed by atoms with van der Waals surface area (Å²) in [5.41, 5.74) is 4.11. The number of amides is 1. The Labute approximate surface area is 310 Å². The molecule has 1 amide bonds. The van der Waals surface area contributed by atoms with Gasteiger partial charge in [0.15, 0.2) is 0 Å². The van der Waals surface area contributed by atoms with E-state index in [0.29, 0.717) is 24.0 Å². The number of hydrogen-bond donors (Lipinski definition) is 1. The number of nitrogens with zero attached hydrogens (tertiary/aromatic N) is 3. The summed E-state index contributed by atoms with van der Waals surface area (Å²) in [6, 6.07) is 12.8. The van der Waals surface area contributed by atoms with Crippen LogP contribution in [-0.4, -0.2) is 84.0 Å². The molecule has 2 aromatic carbocycles. The minimum Gasteiger partial charge on any atom is -0.593 e. The van der Waals surface area contributed by atoms with Crippen LogP contribution >= 0.6 is 11.6 Å². The van der Waals surface area contributed by atoms with Gasteiger partial charge in [0.2, 0.25) is 0 Å². The fourth-order valence-electron chi connectivity index (χ4n) is 9.07. The van der Waals surface area contributed by atoms with Crippen LogP contribution in [0.25, 0.3) is 0 Å². The van der Waals surface area contributed by atoms with Crippen LogP contribution < -0.4 is 14.4 Å². The summed E-state index contributed by atoms with van der Waals surface area (Å²) >= 11 is 5.07. The van der Waals surface area contributed by atoms with Gasteiger partial charge >= 0.3 is 0 Å². The highest BCUT2D eigenvalue weighted by Gasteiger charge is 2.40. The molecule has 3 fully saturated rings. The number of fused-ring (bicyclic) bond motifs is 2. The number of ether oxygens (including phenoxy) is 1. The van der Waals surface area contributed by atoms with Gasteiger partial charge in [-0.3, -0.25) is 9.69 Å². The minimum atomic E-state index is -1.44. The highest BCUT2D eigenvalue weighted by Crippen LogP contribution is 2.45. The molecule has 6 atom stereocenters. The summed E-state index contributed by atoms with van der Waals surface area (Å²) in [5.74, 6) is 2.73. The SMILES string of the molecule is CCCCC(CN1CCN2CCCCC2C1)C1CCC1CN1CC(c2ccc(Cl)cc2CCC)COc2ccc(C(=O)N[S+]([O-])C(C)C)cc21. The number of carbonyl (C=O) groups excluding carboxylic acids is 1. The number of anilines is 1. The fourth-order valence-corrected chi connectivity index (χ4v) is 9.80. The second-order valence-corrected chi connectivity index (χ2v) is 18.0. The Morgan fingerprint density at radius 1 is 1.04 bits per heavy atom. The lowest BCUT2D eigenvalue weighted by atomic mass is 9.65. The molecule has 6 unspecified atom stereocenters. The van der Waals surface area contributed by atoms with E-state index in [0.717, 1.165) is 54.4 Å². The van der Waals surface area contributed by atoms with Crippen LogP contribution in [0.15, 0.2) is 36.4 Å². The molecule has 1 saturated carbocycles. The Hall–Kier alpha value is -1.97. The summed E-state index contributed by atoms with van der Waals surface area (Å²) in [4.78, 5) is 21.4. The number of hydrogen-bond acceptors (Lipinski definition) is 6. The quantitative estimate of drug-likeness (QED) is 0.199. The molecule has 0 bridgehead atoms. The first-order chi connectivity index (χ1) is 24.2. The average molecular weight is 725 g/mol. The highest BCUT2D eigenvalue weighted by molar-refractivity contribution is 7.90. The lowest BCUT2D eigenvalue weighted by Crippen LogP contribution is -2.56. The van der Waals surface area contributed by atoms with E-state index in [2.05, 4.69) is 45.4 Å². The van der Waals surface area contributed by atoms with E-state index in [4.69, 9.17) is 16.3 Å². The van der Waals surface area contributed by atoms with Gasteiger partial charge in [-0.1, -0.05) is 57.2 Å². The van der Waals surface area contributed by atoms with Crippen molar-refractivity contribution < 1.29 is 14.1 Å². The molecule has 276 valence electrons. The Morgan fingerprint density at radius 2 is 1.90 bits per heavy atom. The van der Waals surface area contributed by atoms with Crippen LogP contribution in [0.4, 0.5) is 5.69 Å². The molecule has 1 N–H and O–H groups in total. The van der Waals surface area contributed by atoms with Crippen LogP contribution in [0.1, 0.15) is 113 Å². The second-order valence-electron chi connectivity index (χ2n) is 15.8. The summed E-state index contributed by atoms with van der Waals surface area (Å²) in [6.45, 7) is 16.8. The molecular formula is C41H61ClN4O3S. The van der Waals surface area contributed by atoms with Gasteiger partial charge in [-0.05, 0) is 118 Å². The minimum absolute atomic E-state index is 0.153. The van der Waals surface area contributed by atoms with Gasteiger partial charge in [0.25, 0.3) is 5.91 Å². The fraction of sp³-hybridized carbons (Fsp3) is 0.683. The maximum Gasteiger partial charge on any atom is 0.292 e.